The zero-order valence-electron chi connectivity index (χ0n) is 12.1. The molecule has 0 saturated heterocycles. The summed E-state index contributed by atoms with van der Waals surface area (Å²) in [6.45, 7) is 0. The maximum absolute atomic E-state index is 12.8. The maximum Gasteiger partial charge on any atom is 0.287 e. The summed E-state index contributed by atoms with van der Waals surface area (Å²) in [7, 11) is 0. The molecule has 0 spiro atoms. The van der Waals surface area contributed by atoms with Crippen LogP contribution in [-0.4, -0.2) is 19.5 Å². The third-order valence-electron chi connectivity index (χ3n) is 3.61. The van der Waals surface area contributed by atoms with Crippen LogP contribution in [0.1, 0.15) is 0 Å². The molecular weight excluding hydrogens is 290 g/mol. The second-order valence-corrected chi connectivity index (χ2v) is 5.09. The number of hydrogen-bond donors (Lipinski definition) is 2. The van der Waals surface area contributed by atoms with Crippen LogP contribution in [0.25, 0.3) is 28.2 Å². The van der Waals surface area contributed by atoms with E-state index in [1.807, 2.05) is 48.5 Å². The van der Waals surface area contributed by atoms with Gasteiger partial charge < -0.3 is 10.7 Å². The Kier molecular flexibility index (Phi) is 2.94. The van der Waals surface area contributed by atoms with E-state index in [1.54, 1.807) is 12.1 Å². The molecule has 4 rings (SSSR count). The number of benzene rings is 2. The first kappa shape index (κ1) is 13.3. The topological polar surface area (TPSA) is 89.6 Å². The Morgan fingerprint density at radius 1 is 0.913 bits per heavy atom. The lowest BCUT2D eigenvalue weighted by Crippen LogP contribution is -2.23. The first-order valence-corrected chi connectivity index (χ1v) is 7.13. The van der Waals surface area contributed by atoms with Gasteiger partial charge in [-0.15, -0.1) is 0 Å². The Bertz CT molecular complexity index is 1040. The summed E-state index contributed by atoms with van der Waals surface area (Å²) in [6.07, 6.45) is 0. The van der Waals surface area contributed by atoms with Crippen LogP contribution < -0.4 is 11.3 Å². The third-order valence-corrected chi connectivity index (χ3v) is 3.61. The maximum atomic E-state index is 12.8. The fourth-order valence-electron chi connectivity index (χ4n) is 2.53. The first-order valence-electron chi connectivity index (χ1n) is 7.13. The van der Waals surface area contributed by atoms with E-state index >= 15 is 0 Å². The van der Waals surface area contributed by atoms with E-state index in [4.69, 9.17) is 5.73 Å². The van der Waals surface area contributed by atoms with E-state index < -0.39 is 0 Å². The van der Waals surface area contributed by atoms with Gasteiger partial charge in [-0.2, -0.15) is 4.98 Å². The van der Waals surface area contributed by atoms with Crippen molar-refractivity contribution in [2.75, 3.05) is 5.73 Å². The Balaban J connectivity index is 1.97. The third kappa shape index (κ3) is 2.17. The van der Waals surface area contributed by atoms with Gasteiger partial charge in [0, 0.05) is 5.56 Å². The molecule has 0 aliphatic heterocycles. The molecule has 2 aromatic heterocycles. The molecule has 2 heterocycles. The molecule has 23 heavy (non-hydrogen) atoms. The van der Waals surface area contributed by atoms with Gasteiger partial charge in [0.05, 0.1) is 5.69 Å². The summed E-state index contributed by atoms with van der Waals surface area (Å²) in [4.78, 5) is 24.5. The number of nitrogens with two attached hydrogens (primary N) is 1. The molecule has 0 fully saturated rings. The van der Waals surface area contributed by atoms with Crippen LogP contribution in [-0.2, 0) is 0 Å². The quantitative estimate of drug-likeness (QED) is 0.595. The van der Waals surface area contributed by atoms with Gasteiger partial charge in [-0.25, -0.2) is 9.55 Å². The number of nitrogen functional groups attached to an aromatic ring is 1. The molecular formula is C17H13N5O. The zero-order chi connectivity index (χ0) is 15.8. The monoisotopic (exact) mass is 303 g/mol. The van der Waals surface area contributed by atoms with Crippen molar-refractivity contribution in [3.8, 4) is 17.1 Å². The van der Waals surface area contributed by atoms with Crippen molar-refractivity contribution in [2.24, 2.45) is 0 Å². The molecule has 112 valence electrons. The largest absolute Gasteiger partial charge is 0.369 e. The van der Waals surface area contributed by atoms with E-state index in [0.717, 1.165) is 5.56 Å². The number of hydrogen-bond acceptors (Lipinski definition) is 4. The lowest BCUT2D eigenvalue weighted by molar-refractivity contribution is 0.976. The molecule has 0 aliphatic carbocycles. The number of H-pyrrole nitrogens is 1. The molecule has 0 radical (unpaired) electrons. The number of nitrogens with zero attached hydrogens (tertiary/aromatic N) is 3. The van der Waals surface area contributed by atoms with E-state index in [-0.39, 0.29) is 17.0 Å². The highest BCUT2D eigenvalue weighted by Crippen LogP contribution is 2.19. The fourth-order valence-corrected chi connectivity index (χ4v) is 2.53. The lowest BCUT2D eigenvalue weighted by atomic mass is 10.2. The Morgan fingerprint density at radius 3 is 2.26 bits per heavy atom. The smallest absolute Gasteiger partial charge is 0.287 e. The average molecular weight is 303 g/mol. The SMILES string of the molecule is Nc1nc2[nH]c(-c3ccccc3)nc2c(=O)n1-c1ccccc1. The zero-order valence-corrected chi connectivity index (χ0v) is 12.1. The van der Waals surface area contributed by atoms with Crippen molar-refractivity contribution in [2.45, 2.75) is 0 Å². The number of anilines is 1. The molecule has 0 atom stereocenters. The van der Waals surface area contributed by atoms with Gasteiger partial charge in [-0.3, -0.25) is 4.79 Å². The molecule has 0 aliphatic rings. The number of fused-ring (bicyclic) bond motifs is 1. The first-order chi connectivity index (χ1) is 11.2. The molecule has 0 saturated carbocycles. The van der Waals surface area contributed by atoms with E-state index in [1.165, 1.54) is 4.57 Å². The van der Waals surface area contributed by atoms with Crippen LogP contribution in [0.2, 0.25) is 0 Å². The summed E-state index contributed by atoms with van der Waals surface area (Å²) in [5, 5.41) is 0. The number of aromatic amines is 1. The standard InChI is InChI=1S/C17H13N5O/c18-17-21-15-13(16(23)22(17)12-9-5-2-6-10-12)19-14(20-15)11-7-3-1-4-8-11/h1-10H,(H2,18,21)(H,19,20). The summed E-state index contributed by atoms with van der Waals surface area (Å²) in [6, 6.07) is 18.7. The van der Waals surface area contributed by atoms with Gasteiger partial charge in [0.25, 0.3) is 5.56 Å². The highest BCUT2D eigenvalue weighted by Gasteiger charge is 2.15. The Morgan fingerprint density at radius 2 is 1.57 bits per heavy atom. The number of para-hydroxylation sites is 1. The minimum absolute atomic E-state index is 0.122. The summed E-state index contributed by atoms with van der Waals surface area (Å²) in [5.74, 6) is 0.715. The van der Waals surface area contributed by atoms with Crippen molar-refractivity contribution < 1.29 is 0 Å². The molecule has 2 aromatic carbocycles. The van der Waals surface area contributed by atoms with Gasteiger partial charge in [-0.05, 0) is 12.1 Å². The van der Waals surface area contributed by atoms with E-state index in [9.17, 15) is 4.79 Å². The van der Waals surface area contributed by atoms with Crippen molar-refractivity contribution in [1.29, 1.82) is 0 Å². The average Bonchev–Trinajstić information content (AvgIpc) is 3.01. The van der Waals surface area contributed by atoms with Crippen molar-refractivity contribution in [1.82, 2.24) is 19.5 Å². The van der Waals surface area contributed by atoms with Crippen LogP contribution in [0.5, 0.6) is 0 Å². The predicted octanol–water partition coefficient (Wildman–Crippen LogP) is 2.36. The Hall–Kier alpha value is -3.41. The minimum atomic E-state index is -0.294. The number of aromatic nitrogens is 4. The number of nitrogens with one attached hydrogen (secondary N) is 1. The predicted molar refractivity (Wildman–Crippen MR) is 89.3 cm³/mol. The lowest BCUT2D eigenvalue weighted by Gasteiger charge is -2.07. The van der Waals surface area contributed by atoms with Gasteiger partial charge in [-0.1, -0.05) is 48.5 Å². The van der Waals surface area contributed by atoms with Crippen molar-refractivity contribution >= 4 is 17.1 Å². The van der Waals surface area contributed by atoms with Crippen LogP contribution >= 0.6 is 0 Å². The summed E-state index contributed by atoms with van der Waals surface area (Å²) < 4.78 is 1.36. The minimum Gasteiger partial charge on any atom is -0.369 e. The molecule has 0 bridgehead atoms. The normalized spacial score (nSPS) is 11.0. The molecule has 0 unspecified atom stereocenters. The fraction of sp³-hybridized carbons (Fsp3) is 0. The van der Waals surface area contributed by atoms with Crippen LogP contribution in [0.4, 0.5) is 5.95 Å². The molecule has 4 aromatic rings. The van der Waals surface area contributed by atoms with Crippen LogP contribution in [0.3, 0.4) is 0 Å². The van der Waals surface area contributed by atoms with Crippen LogP contribution in [0, 0.1) is 0 Å². The Labute approximate surface area is 131 Å². The molecule has 0 amide bonds. The second-order valence-electron chi connectivity index (χ2n) is 5.09. The van der Waals surface area contributed by atoms with E-state index in [2.05, 4.69) is 15.0 Å². The second kappa shape index (κ2) is 5.10. The summed E-state index contributed by atoms with van der Waals surface area (Å²) in [5.41, 5.74) is 7.88. The highest BCUT2D eigenvalue weighted by atomic mass is 16.1. The molecule has 6 heteroatoms. The van der Waals surface area contributed by atoms with Gasteiger partial charge in [0.2, 0.25) is 5.95 Å². The molecule has 6 nitrogen and oxygen atoms in total. The van der Waals surface area contributed by atoms with Gasteiger partial charge in [0.1, 0.15) is 5.82 Å². The van der Waals surface area contributed by atoms with E-state index in [0.29, 0.717) is 17.2 Å². The summed E-state index contributed by atoms with van der Waals surface area (Å²) >= 11 is 0. The van der Waals surface area contributed by atoms with Gasteiger partial charge >= 0.3 is 0 Å². The van der Waals surface area contributed by atoms with Crippen molar-refractivity contribution in [3.63, 3.8) is 0 Å². The number of rotatable bonds is 2. The van der Waals surface area contributed by atoms with Gasteiger partial charge in [0.15, 0.2) is 11.2 Å². The number of imidazole rings is 1. The molecule has 3 N–H and O–H groups in total. The highest BCUT2D eigenvalue weighted by molar-refractivity contribution is 5.76. The van der Waals surface area contributed by atoms with Crippen LogP contribution in [0.15, 0.2) is 65.5 Å². The van der Waals surface area contributed by atoms with Crippen molar-refractivity contribution in [3.05, 3.63) is 71.0 Å².